The Bertz CT molecular complexity index is 452. The highest BCUT2D eigenvalue weighted by molar-refractivity contribution is 9.09. The average molecular weight is 294 g/mol. The van der Waals surface area contributed by atoms with Gasteiger partial charge in [0.05, 0.1) is 6.42 Å². The van der Waals surface area contributed by atoms with Crippen molar-refractivity contribution in [2.45, 2.75) is 36.9 Å². The molecule has 0 saturated heterocycles. The number of carbonyl (C=O) groups is 1. The number of fused-ring (bicyclic) bond motifs is 1. The van der Waals surface area contributed by atoms with Gasteiger partial charge in [-0.15, -0.1) is 0 Å². The second-order valence-electron chi connectivity index (χ2n) is 5.09. The van der Waals surface area contributed by atoms with Crippen LogP contribution in [0.1, 0.15) is 41.6 Å². The SMILES string of the molecule is O=C1Cc2cc(C(Br)C3CCCC3)ccc2N1. The molecule has 1 aromatic rings. The van der Waals surface area contributed by atoms with Gasteiger partial charge in [0.2, 0.25) is 5.91 Å². The van der Waals surface area contributed by atoms with E-state index in [4.69, 9.17) is 0 Å². The van der Waals surface area contributed by atoms with Crippen LogP contribution in [0.25, 0.3) is 0 Å². The zero-order valence-corrected chi connectivity index (χ0v) is 11.3. The molecule has 90 valence electrons. The monoisotopic (exact) mass is 293 g/mol. The molecule has 3 heteroatoms. The normalized spacial score (nSPS) is 21.4. The lowest BCUT2D eigenvalue weighted by molar-refractivity contribution is -0.115. The van der Waals surface area contributed by atoms with Gasteiger partial charge < -0.3 is 5.32 Å². The maximum atomic E-state index is 11.3. The standard InChI is InChI=1S/C14H16BrNO/c15-14(9-3-1-2-4-9)10-5-6-12-11(7-10)8-13(17)16-12/h5-7,9,14H,1-4,8H2,(H,16,17). The van der Waals surface area contributed by atoms with E-state index in [0.717, 1.165) is 17.2 Å². The Kier molecular flexibility index (Phi) is 2.95. The summed E-state index contributed by atoms with van der Waals surface area (Å²) in [6, 6.07) is 6.37. The van der Waals surface area contributed by atoms with Crippen molar-refractivity contribution < 1.29 is 4.79 Å². The van der Waals surface area contributed by atoms with Crippen molar-refractivity contribution in [1.82, 2.24) is 0 Å². The summed E-state index contributed by atoms with van der Waals surface area (Å²) in [5.41, 5.74) is 3.46. The lowest BCUT2D eigenvalue weighted by atomic mass is 9.96. The van der Waals surface area contributed by atoms with Gasteiger partial charge in [-0.25, -0.2) is 0 Å². The highest BCUT2D eigenvalue weighted by atomic mass is 79.9. The molecule has 17 heavy (non-hydrogen) atoms. The average Bonchev–Trinajstić information content (AvgIpc) is 2.94. The Morgan fingerprint density at radius 3 is 2.82 bits per heavy atom. The number of anilines is 1. The van der Waals surface area contributed by atoms with Crippen molar-refractivity contribution in [3.05, 3.63) is 29.3 Å². The molecule has 1 N–H and O–H groups in total. The van der Waals surface area contributed by atoms with Gasteiger partial charge in [-0.05, 0) is 36.0 Å². The molecule has 1 saturated carbocycles. The van der Waals surface area contributed by atoms with Crippen LogP contribution < -0.4 is 5.32 Å². The van der Waals surface area contributed by atoms with Crippen LogP contribution >= 0.6 is 15.9 Å². The van der Waals surface area contributed by atoms with Gasteiger partial charge in [-0.3, -0.25) is 4.79 Å². The summed E-state index contributed by atoms with van der Waals surface area (Å²) in [6.45, 7) is 0. The first-order chi connectivity index (χ1) is 8.24. The van der Waals surface area contributed by atoms with E-state index in [9.17, 15) is 4.79 Å². The molecule has 1 aromatic carbocycles. The van der Waals surface area contributed by atoms with Crippen molar-refractivity contribution >= 4 is 27.5 Å². The van der Waals surface area contributed by atoms with E-state index in [1.807, 2.05) is 6.07 Å². The molecule has 1 unspecified atom stereocenters. The minimum absolute atomic E-state index is 0.115. The second kappa shape index (κ2) is 4.45. The summed E-state index contributed by atoms with van der Waals surface area (Å²) in [4.78, 5) is 11.8. The van der Waals surface area contributed by atoms with Crippen LogP contribution in [0.15, 0.2) is 18.2 Å². The molecular weight excluding hydrogens is 278 g/mol. The molecule has 1 atom stereocenters. The maximum Gasteiger partial charge on any atom is 0.228 e. The van der Waals surface area contributed by atoms with Crippen molar-refractivity contribution in [3.8, 4) is 0 Å². The molecule has 1 amide bonds. The molecule has 3 rings (SSSR count). The third kappa shape index (κ3) is 2.13. The van der Waals surface area contributed by atoms with Crippen LogP contribution in [0, 0.1) is 5.92 Å². The van der Waals surface area contributed by atoms with Crippen LogP contribution in [0.3, 0.4) is 0 Å². The molecule has 2 aliphatic rings. The number of nitrogens with one attached hydrogen (secondary N) is 1. The Balaban J connectivity index is 1.84. The summed E-state index contributed by atoms with van der Waals surface area (Å²) in [6.07, 6.45) is 5.90. The maximum absolute atomic E-state index is 11.3. The van der Waals surface area contributed by atoms with Crippen molar-refractivity contribution in [1.29, 1.82) is 0 Å². The number of alkyl halides is 1. The van der Waals surface area contributed by atoms with Crippen molar-refractivity contribution in [2.75, 3.05) is 5.32 Å². The van der Waals surface area contributed by atoms with Gasteiger partial charge in [0.15, 0.2) is 0 Å². The first-order valence-electron chi connectivity index (χ1n) is 6.31. The van der Waals surface area contributed by atoms with Gasteiger partial charge in [0.25, 0.3) is 0 Å². The number of hydrogen-bond acceptors (Lipinski definition) is 1. The molecule has 1 heterocycles. The van der Waals surface area contributed by atoms with Crippen LogP contribution in [0.2, 0.25) is 0 Å². The first kappa shape index (κ1) is 11.3. The molecule has 1 aliphatic carbocycles. The predicted molar refractivity (Wildman–Crippen MR) is 72.4 cm³/mol. The van der Waals surface area contributed by atoms with Gasteiger partial charge in [0, 0.05) is 10.5 Å². The summed E-state index contributed by atoms with van der Waals surface area (Å²) >= 11 is 3.83. The Labute approximate surface area is 110 Å². The van der Waals surface area contributed by atoms with Crippen LogP contribution in [-0.2, 0) is 11.2 Å². The first-order valence-corrected chi connectivity index (χ1v) is 7.22. The van der Waals surface area contributed by atoms with E-state index in [1.165, 1.54) is 31.2 Å². The highest BCUT2D eigenvalue weighted by Gasteiger charge is 2.26. The van der Waals surface area contributed by atoms with E-state index in [2.05, 4.69) is 33.4 Å². The predicted octanol–water partition coefficient (Wildman–Crippen LogP) is 3.81. The molecule has 1 aliphatic heterocycles. The molecular formula is C14H16BrNO. The topological polar surface area (TPSA) is 29.1 Å². The molecule has 1 fully saturated rings. The number of benzene rings is 1. The number of carbonyl (C=O) groups excluding carboxylic acids is 1. The fraction of sp³-hybridized carbons (Fsp3) is 0.500. The third-order valence-electron chi connectivity index (χ3n) is 3.89. The Hall–Kier alpha value is -0.830. The van der Waals surface area contributed by atoms with Crippen molar-refractivity contribution in [3.63, 3.8) is 0 Å². The Morgan fingerprint density at radius 1 is 1.29 bits per heavy atom. The van der Waals surface area contributed by atoms with Gasteiger partial charge in [-0.1, -0.05) is 40.9 Å². The lowest BCUT2D eigenvalue weighted by Gasteiger charge is -2.18. The smallest absolute Gasteiger partial charge is 0.228 e. The van der Waals surface area contributed by atoms with E-state index < -0.39 is 0 Å². The second-order valence-corrected chi connectivity index (χ2v) is 6.07. The molecule has 0 bridgehead atoms. The van der Waals surface area contributed by atoms with Crippen LogP contribution in [0.5, 0.6) is 0 Å². The number of halogens is 1. The van der Waals surface area contributed by atoms with Gasteiger partial charge in [-0.2, -0.15) is 0 Å². The molecule has 0 aromatic heterocycles. The molecule has 0 radical (unpaired) electrons. The lowest BCUT2D eigenvalue weighted by Crippen LogP contribution is -2.03. The number of amides is 1. The fourth-order valence-electron chi connectivity index (χ4n) is 2.94. The minimum Gasteiger partial charge on any atom is -0.326 e. The van der Waals surface area contributed by atoms with E-state index >= 15 is 0 Å². The Morgan fingerprint density at radius 2 is 2.06 bits per heavy atom. The zero-order valence-electron chi connectivity index (χ0n) is 9.71. The largest absolute Gasteiger partial charge is 0.326 e. The quantitative estimate of drug-likeness (QED) is 0.826. The van der Waals surface area contributed by atoms with Crippen molar-refractivity contribution in [2.24, 2.45) is 5.92 Å². The summed E-state index contributed by atoms with van der Waals surface area (Å²) in [7, 11) is 0. The van der Waals surface area contributed by atoms with E-state index in [1.54, 1.807) is 0 Å². The van der Waals surface area contributed by atoms with Gasteiger partial charge in [0.1, 0.15) is 0 Å². The van der Waals surface area contributed by atoms with E-state index in [-0.39, 0.29) is 5.91 Å². The summed E-state index contributed by atoms with van der Waals surface area (Å²) < 4.78 is 0. The third-order valence-corrected chi connectivity index (χ3v) is 5.16. The van der Waals surface area contributed by atoms with Crippen LogP contribution in [0.4, 0.5) is 5.69 Å². The number of rotatable bonds is 2. The summed E-state index contributed by atoms with van der Waals surface area (Å²) in [5.74, 6) is 0.877. The summed E-state index contributed by atoms with van der Waals surface area (Å²) in [5, 5.41) is 2.88. The number of hydrogen-bond donors (Lipinski definition) is 1. The van der Waals surface area contributed by atoms with Gasteiger partial charge >= 0.3 is 0 Å². The molecule has 0 spiro atoms. The van der Waals surface area contributed by atoms with Crippen LogP contribution in [-0.4, -0.2) is 5.91 Å². The van der Waals surface area contributed by atoms with E-state index in [0.29, 0.717) is 11.2 Å². The zero-order chi connectivity index (χ0) is 11.8. The molecule has 2 nitrogen and oxygen atoms in total. The highest BCUT2D eigenvalue weighted by Crippen LogP contribution is 2.42. The minimum atomic E-state index is 0.115. The fourth-order valence-corrected chi connectivity index (χ4v) is 3.76.